The third-order valence-corrected chi connectivity index (χ3v) is 4.09. The van der Waals surface area contributed by atoms with Gasteiger partial charge in [0.05, 0.1) is 0 Å². The van der Waals surface area contributed by atoms with Crippen LogP contribution in [-0.4, -0.2) is 15.7 Å². The summed E-state index contributed by atoms with van der Waals surface area (Å²) in [5, 5.41) is 0. The molecule has 3 heteroatoms. The molecular formula is C6H11Br2N. The number of hydrogen-bond donors (Lipinski definition) is 1. The quantitative estimate of drug-likeness (QED) is 0.607. The van der Waals surface area contributed by atoms with E-state index in [4.69, 9.17) is 5.73 Å². The summed E-state index contributed by atoms with van der Waals surface area (Å²) in [4.78, 5) is 0.535. The summed E-state index contributed by atoms with van der Waals surface area (Å²) >= 11 is 6.82. The normalized spacial score (nSPS) is 20.4. The van der Waals surface area contributed by atoms with Crippen LogP contribution in [0.2, 0.25) is 0 Å². The fourth-order valence-corrected chi connectivity index (χ4v) is 1.12. The van der Waals surface area contributed by atoms with Crippen LogP contribution in [-0.2, 0) is 0 Å². The number of hydrogen-bond acceptors (Lipinski definition) is 1. The molecule has 0 aromatic heterocycles. The highest BCUT2D eigenvalue weighted by Crippen LogP contribution is 2.17. The molecule has 0 aliphatic heterocycles. The van der Waals surface area contributed by atoms with Crippen molar-refractivity contribution in [1.82, 2.24) is 0 Å². The van der Waals surface area contributed by atoms with E-state index in [0.717, 1.165) is 0 Å². The molecule has 0 rings (SSSR count). The predicted molar refractivity (Wildman–Crippen MR) is 49.3 cm³/mol. The van der Waals surface area contributed by atoms with E-state index in [1.165, 1.54) is 0 Å². The Balaban J connectivity index is 3.71. The van der Waals surface area contributed by atoms with E-state index in [1.54, 1.807) is 0 Å². The molecule has 0 bridgehead atoms. The zero-order valence-electron chi connectivity index (χ0n) is 5.35. The minimum Gasteiger partial charge on any atom is -0.327 e. The molecule has 0 saturated heterocycles. The molecule has 9 heavy (non-hydrogen) atoms. The van der Waals surface area contributed by atoms with Gasteiger partial charge < -0.3 is 5.73 Å². The SMILES string of the molecule is C=CC(Br)C(Br)C(C)N. The maximum atomic E-state index is 5.59. The molecule has 1 nitrogen and oxygen atoms in total. The zero-order valence-corrected chi connectivity index (χ0v) is 8.52. The molecular weight excluding hydrogens is 246 g/mol. The number of halogens is 2. The molecule has 2 N–H and O–H groups in total. The van der Waals surface area contributed by atoms with Gasteiger partial charge in [-0.1, -0.05) is 37.9 Å². The second-order valence-electron chi connectivity index (χ2n) is 1.98. The van der Waals surface area contributed by atoms with Gasteiger partial charge in [0.25, 0.3) is 0 Å². The Morgan fingerprint density at radius 2 is 2.00 bits per heavy atom. The van der Waals surface area contributed by atoms with Crippen LogP contribution in [0.4, 0.5) is 0 Å². The van der Waals surface area contributed by atoms with E-state index in [9.17, 15) is 0 Å². The Labute approximate surface area is 72.9 Å². The van der Waals surface area contributed by atoms with Crippen LogP contribution in [0.1, 0.15) is 6.92 Å². The molecule has 0 aliphatic carbocycles. The van der Waals surface area contributed by atoms with E-state index in [2.05, 4.69) is 38.4 Å². The van der Waals surface area contributed by atoms with Gasteiger partial charge in [-0.2, -0.15) is 0 Å². The molecule has 0 aromatic carbocycles. The van der Waals surface area contributed by atoms with Gasteiger partial charge in [0.1, 0.15) is 0 Å². The Bertz CT molecular complexity index is 93.1. The summed E-state index contributed by atoms with van der Waals surface area (Å²) in [6, 6.07) is 0.146. The summed E-state index contributed by atoms with van der Waals surface area (Å²) in [5.74, 6) is 0. The second-order valence-corrected chi connectivity index (χ2v) is 4.10. The summed E-state index contributed by atoms with van der Waals surface area (Å²) in [5.41, 5.74) is 5.59. The molecule has 0 radical (unpaired) electrons. The van der Waals surface area contributed by atoms with Crippen molar-refractivity contribution in [3.05, 3.63) is 12.7 Å². The zero-order chi connectivity index (χ0) is 7.44. The number of allylic oxidation sites excluding steroid dienone is 1. The van der Waals surface area contributed by atoms with E-state index in [-0.39, 0.29) is 15.7 Å². The van der Waals surface area contributed by atoms with Gasteiger partial charge in [-0.05, 0) is 6.92 Å². The van der Waals surface area contributed by atoms with Gasteiger partial charge in [-0.25, -0.2) is 0 Å². The predicted octanol–water partition coefficient (Wildman–Crippen LogP) is 2.05. The van der Waals surface area contributed by atoms with Crippen molar-refractivity contribution < 1.29 is 0 Å². The first kappa shape index (κ1) is 9.66. The Kier molecular flexibility index (Phi) is 4.80. The van der Waals surface area contributed by atoms with Crippen molar-refractivity contribution >= 4 is 31.9 Å². The fraction of sp³-hybridized carbons (Fsp3) is 0.667. The summed E-state index contributed by atoms with van der Waals surface area (Å²) in [6.07, 6.45) is 1.82. The first-order chi connectivity index (χ1) is 4.09. The lowest BCUT2D eigenvalue weighted by molar-refractivity contribution is 0.716. The van der Waals surface area contributed by atoms with Crippen LogP contribution < -0.4 is 5.73 Å². The molecule has 0 aliphatic rings. The van der Waals surface area contributed by atoms with Crippen molar-refractivity contribution in [2.75, 3.05) is 0 Å². The lowest BCUT2D eigenvalue weighted by Gasteiger charge is -2.16. The number of rotatable bonds is 3. The van der Waals surface area contributed by atoms with Crippen molar-refractivity contribution in [2.24, 2.45) is 5.73 Å². The summed E-state index contributed by atoms with van der Waals surface area (Å²) < 4.78 is 0. The first-order valence-electron chi connectivity index (χ1n) is 2.76. The van der Waals surface area contributed by atoms with E-state index in [1.807, 2.05) is 13.0 Å². The van der Waals surface area contributed by atoms with Crippen LogP contribution in [0.5, 0.6) is 0 Å². The molecule has 0 fully saturated rings. The van der Waals surface area contributed by atoms with Crippen LogP contribution in [0, 0.1) is 0 Å². The van der Waals surface area contributed by atoms with Crippen LogP contribution in [0.15, 0.2) is 12.7 Å². The molecule has 0 aromatic rings. The molecule has 54 valence electrons. The van der Waals surface area contributed by atoms with Crippen molar-refractivity contribution in [3.63, 3.8) is 0 Å². The molecule has 0 amide bonds. The number of nitrogens with two attached hydrogens (primary N) is 1. The van der Waals surface area contributed by atoms with Gasteiger partial charge in [0.2, 0.25) is 0 Å². The van der Waals surface area contributed by atoms with Crippen molar-refractivity contribution in [1.29, 1.82) is 0 Å². The maximum Gasteiger partial charge on any atom is 0.0463 e. The van der Waals surface area contributed by atoms with Crippen molar-refractivity contribution in [3.8, 4) is 0 Å². The first-order valence-corrected chi connectivity index (χ1v) is 4.59. The molecule has 0 spiro atoms. The summed E-state index contributed by atoms with van der Waals surface area (Å²) in [6.45, 7) is 5.59. The van der Waals surface area contributed by atoms with Crippen molar-refractivity contribution in [2.45, 2.75) is 22.6 Å². The summed E-state index contributed by atoms with van der Waals surface area (Å²) in [7, 11) is 0. The lowest BCUT2D eigenvalue weighted by atomic mass is 10.2. The van der Waals surface area contributed by atoms with Gasteiger partial charge >= 0.3 is 0 Å². The smallest absolute Gasteiger partial charge is 0.0463 e. The number of alkyl halides is 2. The third kappa shape index (κ3) is 3.38. The monoisotopic (exact) mass is 255 g/mol. The molecule has 0 saturated carbocycles. The average Bonchev–Trinajstić information content (AvgIpc) is 1.84. The van der Waals surface area contributed by atoms with Crippen LogP contribution >= 0.6 is 31.9 Å². The largest absolute Gasteiger partial charge is 0.327 e. The maximum absolute atomic E-state index is 5.59. The second kappa shape index (κ2) is 4.47. The topological polar surface area (TPSA) is 26.0 Å². The van der Waals surface area contributed by atoms with Gasteiger partial charge in [-0.15, -0.1) is 6.58 Å². The molecule has 3 atom stereocenters. The van der Waals surface area contributed by atoms with Gasteiger partial charge in [0, 0.05) is 15.7 Å². The van der Waals surface area contributed by atoms with Crippen LogP contribution in [0.3, 0.4) is 0 Å². The Morgan fingerprint density at radius 3 is 2.11 bits per heavy atom. The van der Waals surface area contributed by atoms with Crippen LogP contribution in [0.25, 0.3) is 0 Å². The lowest BCUT2D eigenvalue weighted by Crippen LogP contribution is -2.32. The van der Waals surface area contributed by atoms with Gasteiger partial charge in [0.15, 0.2) is 0 Å². The third-order valence-electron chi connectivity index (χ3n) is 1.03. The minimum atomic E-state index is 0.146. The molecule has 3 unspecified atom stereocenters. The highest BCUT2D eigenvalue weighted by molar-refractivity contribution is 9.12. The fourth-order valence-electron chi connectivity index (χ4n) is 0.420. The molecule has 0 heterocycles. The minimum absolute atomic E-state index is 0.146. The Hall–Kier alpha value is 0.660. The highest BCUT2D eigenvalue weighted by atomic mass is 79.9. The highest BCUT2D eigenvalue weighted by Gasteiger charge is 2.15. The van der Waals surface area contributed by atoms with E-state index in [0.29, 0.717) is 0 Å². The average molecular weight is 257 g/mol. The van der Waals surface area contributed by atoms with Gasteiger partial charge in [-0.3, -0.25) is 0 Å². The van der Waals surface area contributed by atoms with E-state index >= 15 is 0 Å². The van der Waals surface area contributed by atoms with E-state index < -0.39 is 0 Å². The Morgan fingerprint density at radius 1 is 1.56 bits per heavy atom. The standard InChI is InChI=1S/C6H11Br2N/c1-3-5(7)6(8)4(2)9/h3-6H,1,9H2,2H3.